The Hall–Kier alpha value is -2.47. The molecule has 25 heavy (non-hydrogen) atoms. The Labute approximate surface area is 145 Å². The maximum Gasteiger partial charge on any atom is 0.387 e. The third-order valence-electron chi connectivity index (χ3n) is 4.06. The summed E-state index contributed by atoms with van der Waals surface area (Å²) in [6.45, 7) is -1.38. The highest BCUT2D eigenvalue weighted by atomic mass is 19.3. The molecule has 132 valence electrons. The fraction of sp³-hybridized carbons (Fsp3) is 0.316. The summed E-state index contributed by atoms with van der Waals surface area (Å²) < 4.78 is 34.4. The molecule has 1 amide bonds. The molecule has 2 aromatic carbocycles. The predicted octanol–water partition coefficient (Wildman–Crippen LogP) is 3.37. The van der Waals surface area contributed by atoms with Crippen molar-refractivity contribution in [3.8, 4) is 5.75 Å². The highest BCUT2D eigenvalue weighted by molar-refractivity contribution is 5.94. The van der Waals surface area contributed by atoms with Crippen LogP contribution in [0, 0.1) is 0 Å². The van der Waals surface area contributed by atoms with Crippen molar-refractivity contribution in [1.29, 1.82) is 0 Å². The monoisotopic (exact) mass is 347 g/mol. The van der Waals surface area contributed by atoms with Gasteiger partial charge in [0.15, 0.2) is 0 Å². The molecule has 0 bridgehead atoms. The SMILES string of the molecule is O=C(c1ccc(OC(F)F)cc1)N1CCOC(Cc2ccccc2)C1. The first kappa shape index (κ1) is 17.4. The molecule has 0 aliphatic carbocycles. The van der Waals surface area contributed by atoms with E-state index in [4.69, 9.17) is 4.74 Å². The molecule has 1 fully saturated rings. The van der Waals surface area contributed by atoms with E-state index >= 15 is 0 Å². The van der Waals surface area contributed by atoms with E-state index in [1.54, 1.807) is 4.90 Å². The lowest BCUT2D eigenvalue weighted by atomic mass is 10.1. The normalized spacial score (nSPS) is 17.6. The molecule has 0 N–H and O–H groups in total. The van der Waals surface area contributed by atoms with Gasteiger partial charge in [-0.3, -0.25) is 4.79 Å². The lowest BCUT2D eigenvalue weighted by Crippen LogP contribution is -2.46. The molecule has 1 aliphatic heterocycles. The number of ether oxygens (including phenoxy) is 2. The summed E-state index contributed by atoms with van der Waals surface area (Å²) in [5, 5.41) is 0. The van der Waals surface area contributed by atoms with Crippen LogP contribution in [0.1, 0.15) is 15.9 Å². The molecule has 0 spiro atoms. The van der Waals surface area contributed by atoms with Gasteiger partial charge in [-0.2, -0.15) is 8.78 Å². The van der Waals surface area contributed by atoms with Crippen molar-refractivity contribution in [3.05, 3.63) is 65.7 Å². The number of carbonyl (C=O) groups is 1. The van der Waals surface area contributed by atoms with Crippen LogP contribution in [-0.2, 0) is 11.2 Å². The quantitative estimate of drug-likeness (QED) is 0.832. The second-order valence-electron chi connectivity index (χ2n) is 5.84. The molecule has 0 saturated carbocycles. The molecule has 1 unspecified atom stereocenters. The van der Waals surface area contributed by atoms with Gasteiger partial charge in [0, 0.05) is 25.1 Å². The molecule has 3 rings (SSSR count). The van der Waals surface area contributed by atoms with E-state index in [1.165, 1.54) is 24.3 Å². The molecule has 4 nitrogen and oxygen atoms in total. The van der Waals surface area contributed by atoms with Crippen LogP contribution in [0.5, 0.6) is 5.75 Å². The largest absolute Gasteiger partial charge is 0.435 e. The van der Waals surface area contributed by atoms with E-state index in [9.17, 15) is 13.6 Å². The lowest BCUT2D eigenvalue weighted by Gasteiger charge is -2.33. The summed E-state index contributed by atoms with van der Waals surface area (Å²) in [4.78, 5) is 14.3. The number of carbonyl (C=O) groups excluding carboxylic acids is 1. The number of hydrogen-bond acceptors (Lipinski definition) is 3. The minimum atomic E-state index is -2.88. The van der Waals surface area contributed by atoms with E-state index in [0.29, 0.717) is 25.3 Å². The van der Waals surface area contributed by atoms with Gasteiger partial charge in [0.25, 0.3) is 5.91 Å². The van der Waals surface area contributed by atoms with Crippen LogP contribution >= 0.6 is 0 Å². The standard InChI is InChI=1S/C19H19F2NO3/c20-19(21)25-16-8-6-15(7-9-16)18(23)22-10-11-24-17(13-22)12-14-4-2-1-3-5-14/h1-9,17,19H,10-13H2. The third kappa shape index (κ3) is 4.76. The summed E-state index contributed by atoms with van der Waals surface area (Å²) in [5.41, 5.74) is 1.61. The lowest BCUT2D eigenvalue weighted by molar-refractivity contribution is -0.0498. The summed E-state index contributed by atoms with van der Waals surface area (Å²) >= 11 is 0. The Morgan fingerprint density at radius 3 is 2.56 bits per heavy atom. The number of alkyl halides is 2. The number of morpholine rings is 1. The van der Waals surface area contributed by atoms with Crippen LogP contribution in [-0.4, -0.2) is 43.2 Å². The fourth-order valence-electron chi connectivity index (χ4n) is 2.87. The topological polar surface area (TPSA) is 38.8 Å². The first-order valence-electron chi connectivity index (χ1n) is 8.11. The van der Waals surface area contributed by atoms with Gasteiger partial charge >= 0.3 is 6.61 Å². The molecular weight excluding hydrogens is 328 g/mol. The maximum absolute atomic E-state index is 12.6. The molecule has 6 heteroatoms. The van der Waals surface area contributed by atoms with Crippen molar-refractivity contribution in [2.24, 2.45) is 0 Å². The van der Waals surface area contributed by atoms with Gasteiger partial charge in [-0.05, 0) is 29.8 Å². The van der Waals surface area contributed by atoms with Crippen molar-refractivity contribution < 1.29 is 23.0 Å². The Bertz CT molecular complexity index is 692. The molecule has 0 radical (unpaired) electrons. The molecular formula is C19H19F2NO3. The summed E-state index contributed by atoms with van der Waals surface area (Å²) in [5.74, 6) is -0.0968. The molecule has 1 saturated heterocycles. The van der Waals surface area contributed by atoms with Gasteiger partial charge in [0.1, 0.15) is 5.75 Å². The Morgan fingerprint density at radius 1 is 1.16 bits per heavy atom. The number of hydrogen-bond donors (Lipinski definition) is 0. The zero-order valence-electron chi connectivity index (χ0n) is 13.6. The van der Waals surface area contributed by atoms with Crippen LogP contribution in [0.4, 0.5) is 8.78 Å². The third-order valence-corrected chi connectivity index (χ3v) is 4.06. The molecule has 1 heterocycles. The molecule has 1 aliphatic rings. The first-order chi connectivity index (χ1) is 12.1. The summed E-state index contributed by atoms with van der Waals surface area (Å²) in [7, 11) is 0. The first-order valence-corrected chi connectivity index (χ1v) is 8.11. The van der Waals surface area contributed by atoms with Crippen molar-refractivity contribution in [2.45, 2.75) is 19.1 Å². The Kier molecular flexibility index (Phi) is 5.60. The fourth-order valence-corrected chi connectivity index (χ4v) is 2.87. The second-order valence-corrected chi connectivity index (χ2v) is 5.84. The molecule has 0 aromatic heterocycles. The minimum absolute atomic E-state index is 0.0375. The Balaban J connectivity index is 1.61. The van der Waals surface area contributed by atoms with Crippen LogP contribution in [0.15, 0.2) is 54.6 Å². The van der Waals surface area contributed by atoms with Crippen molar-refractivity contribution in [3.63, 3.8) is 0 Å². The zero-order valence-corrected chi connectivity index (χ0v) is 13.6. The van der Waals surface area contributed by atoms with E-state index in [1.807, 2.05) is 30.3 Å². The average Bonchev–Trinajstić information content (AvgIpc) is 2.62. The predicted molar refractivity (Wildman–Crippen MR) is 88.9 cm³/mol. The van der Waals surface area contributed by atoms with Crippen LogP contribution in [0.25, 0.3) is 0 Å². The summed E-state index contributed by atoms with van der Waals surface area (Å²) in [6.07, 6.45) is 0.688. The number of rotatable bonds is 5. The van der Waals surface area contributed by atoms with Crippen LogP contribution in [0.2, 0.25) is 0 Å². The van der Waals surface area contributed by atoms with Gasteiger partial charge in [-0.1, -0.05) is 30.3 Å². The summed E-state index contributed by atoms with van der Waals surface area (Å²) in [6, 6.07) is 15.7. The number of halogens is 2. The highest BCUT2D eigenvalue weighted by Crippen LogP contribution is 2.18. The van der Waals surface area contributed by atoms with Gasteiger partial charge in [0.2, 0.25) is 0 Å². The number of nitrogens with zero attached hydrogens (tertiary/aromatic N) is 1. The van der Waals surface area contributed by atoms with Crippen molar-refractivity contribution in [1.82, 2.24) is 4.90 Å². The maximum atomic E-state index is 12.6. The molecule has 2 aromatic rings. The van der Waals surface area contributed by atoms with Crippen molar-refractivity contribution >= 4 is 5.91 Å². The zero-order chi connectivity index (χ0) is 17.6. The minimum Gasteiger partial charge on any atom is -0.435 e. The van der Waals surface area contributed by atoms with Gasteiger partial charge in [-0.15, -0.1) is 0 Å². The Morgan fingerprint density at radius 2 is 1.88 bits per heavy atom. The van der Waals surface area contributed by atoms with E-state index in [-0.39, 0.29) is 17.8 Å². The van der Waals surface area contributed by atoms with E-state index < -0.39 is 6.61 Å². The van der Waals surface area contributed by atoms with E-state index in [0.717, 1.165) is 12.0 Å². The average molecular weight is 347 g/mol. The smallest absolute Gasteiger partial charge is 0.387 e. The highest BCUT2D eigenvalue weighted by Gasteiger charge is 2.25. The second kappa shape index (κ2) is 8.07. The number of benzene rings is 2. The van der Waals surface area contributed by atoms with Gasteiger partial charge in [0.05, 0.1) is 12.7 Å². The van der Waals surface area contributed by atoms with Crippen LogP contribution in [0.3, 0.4) is 0 Å². The van der Waals surface area contributed by atoms with Gasteiger partial charge in [-0.25, -0.2) is 0 Å². The number of amides is 1. The van der Waals surface area contributed by atoms with Gasteiger partial charge < -0.3 is 14.4 Å². The van der Waals surface area contributed by atoms with Crippen molar-refractivity contribution in [2.75, 3.05) is 19.7 Å². The van der Waals surface area contributed by atoms with Crippen LogP contribution < -0.4 is 4.74 Å². The van der Waals surface area contributed by atoms with E-state index in [2.05, 4.69) is 4.74 Å². The molecule has 1 atom stereocenters.